The van der Waals surface area contributed by atoms with E-state index in [1.807, 2.05) is 20.8 Å². The number of ether oxygens (including phenoxy) is 1. The van der Waals surface area contributed by atoms with E-state index in [1.54, 1.807) is 24.3 Å². The molecule has 0 saturated carbocycles. The lowest BCUT2D eigenvalue weighted by molar-refractivity contribution is -0.116. The Morgan fingerprint density at radius 3 is 1.53 bits per heavy atom. The molecule has 0 aliphatic rings. The van der Waals surface area contributed by atoms with Gasteiger partial charge in [-0.15, -0.1) is 0 Å². The molecule has 1 rings (SSSR count). The van der Waals surface area contributed by atoms with Crippen LogP contribution in [0.25, 0.3) is 0 Å². The third-order valence-corrected chi connectivity index (χ3v) is 5.32. The zero-order chi connectivity index (χ0) is 23.7. The number of hydrogen-bond acceptors (Lipinski definition) is 3. The Hall–Kier alpha value is -2.04. The molecule has 0 heterocycles. The van der Waals surface area contributed by atoms with Gasteiger partial charge < -0.3 is 10.1 Å². The van der Waals surface area contributed by atoms with Crippen molar-refractivity contribution < 1.29 is 14.3 Å². The van der Waals surface area contributed by atoms with Crippen LogP contribution in [-0.2, 0) is 9.53 Å². The fourth-order valence-corrected chi connectivity index (χ4v) is 3.59. The number of anilines is 2. The van der Waals surface area contributed by atoms with E-state index in [9.17, 15) is 9.59 Å². The molecule has 0 bridgehead atoms. The van der Waals surface area contributed by atoms with Gasteiger partial charge in [-0.05, 0) is 51.5 Å². The standard InChI is InChI=1S/C27H46N2O3/c1-5-6-7-8-9-10-11-12-13-14-15-16-17-18-25(30)28-23-19-21-24(22-20-23)29-26(31)32-27(2,3)4/h19-22H,5-18H2,1-4H3,(H,28,30)(H,29,31). The summed E-state index contributed by atoms with van der Waals surface area (Å²) in [7, 11) is 0. The van der Waals surface area contributed by atoms with Gasteiger partial charge in [0.05, 0.1) is 0 Å². The van der Waals surface area contributed by atoms with Crippen LogP contribution < -0.4 is 10.6 Å². The van der Waals surface area contributed by atoms with Crippen molar-refractivity contribution in [2.75, 3.05) is 10.6 Å². The van der Waals surface area contributed by atoms with Crippen LogP contribution in [0.4, 0.5) is 16.2 Å². The summed E-state index contributed by atoms with van der Waals surface area (Å²) in [6.07, 6.45) is 17.0. The molecule has 182 valence electrons. The number of unbranched alkanes of at least 4 members (excludes halogenated alkanes) is 12. The van der Waals surface area contributed by atoms with Crippen LogP contribution in [0.2, 0.25) is 0 Å². The van der Waals surface area contributed by atoms with Gasteiger partial charge in [0.15, 0.2) is 0 Å². The molecule has 5 nitrogen and oxygen atoms in total. The topological polar surface area (TPSA) is 67.4 Å². The van der Waals surface area contributed by atoms with E-state index in [2.05, 4.69) is 17.6 Å². The summed E-state index contributed by atoms with van der Waals surface area (Å²) in [5.41, 5.74) is 0.833. The summed E-state index contributed by atoms with van der Waals surface area (Å²) in [6, 6.07) is 7.08. The largest absolute Gasteiger partial charge is 0.444 e. The van der Waals surface area contributed by atoms with Gasteiger partial charge >= 0.3 is 6.09 Å². The first-order valence-electron chi connectivity index (χ1n) is 12.7. The van der Waals surface area contributed by atoms with Crippen molar-refractivity contribution in [1.82, 2.24) is 0 Å². The summed E-state index contributed by atoms with van der Waals surface area (Å²) >= 11 is 0. The number of nitrogens with one attached hydrogen (secondary N) is 2. The predicted octanol–water partition coefficient (Wildman–Crippen LogP) is 8.45. The molecule has 0 aromatic heterocycles. The van der Waals surface area contributed by atoms with Crippen LogP contribution in [0.3, 0.4) is 0 Å². The van der Waals surface area contributed by atoms with Crippen LogP contribution >= 0.6 is 0 Å². The van der Waals surface area contributed by atoms with Gasteiger partial charge in [-0.25, -0.2) is 4.79 Å². The number of carbonyl (C=O) groups is 2. The van der Waals surface area contributed by atoms with E-state index in [1.165, 1.54) is 70.6 Å². The van der Waals surface area contributed by atoms with E-state index in [-0.39, 0.29) is 5.91 Å². The normalized spacial score (nSPS) is 11.2. The first kappa shape index (κ1) is 28.0. The average molecular weight is 447 g/mol. The highest BCUT2D eigenvalue weighted by molar-refractivity contribution is 5.91. The van der Waals surface area contributed by atoms with Crippen molar-refractivity contribution in [2.24, 2.45) is 0 Å². The summed E-state index contributed by atoms with van der Waals surface area (Å²) in [4.78, 5) is 23.9. The van der Waals surface area contributed by atoms with Crippen LogP contribution in [-0.4, -0.2) is 17.6 Å². The van der Waals surface area contributed by atoms with Gasteiger partial charge in [0.1, 0.15) is 5.60 Å². The maximum Gasteiger partial charge on any atom is 0.412 e. The van der Waals surface area contributed by atoms with E-state index in [4.69, 9.17) is 4.74 Å². The Kier molecular flexibility index (Phi) is 14.5. The number of amides is 2. The first-order valence-corrected chi connectivity index (χ1v) is 12.7. The number of benzene rings is 1. The smallest absolute Gasteiger partial charge is 0.412 e. The molecule has 0 saturated heterocycles. The number of rotatable bonds is 16. The molecule has 0 unspecified atom stereocenters. The lowest BCUT2D eigenvalue weighted by Crippen LogP contribution is -2.27. The molecule has 1 aromatic carbocycles. The second-order valence-corrected chi connectivity index (χ2v) is 9.75. The maximum absolute atomic E-state index is 12.1. The summed E-state index contributed by atoms with van der Waals surface area (Å²) in [5, 5.41) is 5.61. The molecule has 0 spiro atoms. The molecule has 2 amide bonds. The highest BCUT2D eigenvalue weighted by Gasteiger charge is 2.16. The van der Waals surface area contributed by atoms with Gasteiger partial charge in [0, 0.05) is 17.8 Å². The average Bonchev–Trinajstić information content (AvgIpc) is 2.71. The number of hydrogen-bond donors (Lipinski definition) is 2. The molecular weight excluding hydrogens is 400 g/mol. The van der Waals surface area contributed by atoms with Crippen molar-refractivity contribution in [3.8, 4) is 0 Å². The Morgan fingerprint density at radius 1 is 0.688 bits per heavy atom. The van der Waals surface area contributed by atoms with Crippen LogP contribution in [0, 0.1) is 0 Å². The van der Waals surface area contributed by atoms with Crippen molar-refractivity contribution in [2.45, 2.75) is 123 Å². The Labute approximate surface area is 196 Å². The summed E-state index contributed by atoms with van der Waals surface area (Å²) in [6.45, 7) is 7.73. The monoisotopic (exact) mass is 446 g/mol. The maximum atomic E-state index is 12.1. The van der Waals surface area contributed by atoms with E-state index < -0.39 is 11.7 Å². The molecule has 0 radical (unpaired) electrons. The van der Waals surface area contributed by atoms with E-state index in [0.29, 0.717) is 12.1 Å². The fourth-order valence-electron chi connectivity index (χ4n) is 3.59. The minimum absolute atomic E-state index is 0.0425. The third-order valence-electron chi connectivity index (χ3n) is 5.32. The summed E-state index contributed by atoms with van der Waals surface area (Å²) < 4.78 is 5.23. The molecular formula is C27H46N2O3. The lowest BCUT2D eigenvalue weighted by Gasteiger charge is -2.19. The van der Waals surface area contributed by atoms with Gasteiger partial charge in [0.2, 0.25) is 5.91 Å². The third kappa shape index (κ3) is 15.7. The zero-order valence-electron chi connectivity index (χ0n) is 20.9. The lowest BCUT2D eigenvalue weighted by atomic mass is 10.0. The highest BCUT2D eigenvalue weighted by atomic mass is 16.6. The zero-order valence-corrected chi connectivity index (χ0v) is 20.9. The molecule has 0 atom stereocenters. The van der Waals surface area contributed by atoms with Crippen LogP contribution in [0.1, 0.15) is 118 Å². The van der Waals surface area contributed by atoms with Crippen molar-refractivity contribution in [1.29, 1.82) is 0 Å². The molecule has 1 aromatic rings. The second kappa shape index (κ2) is 16.6. The van der Waals surface area contributed by atoms with E-state index in [0.717, 1.165) is 18.5 Å². The predicted molar refractivity (Wildman–Crippen MR) is 135 cm³/mol. The highest BCUT2D eigenvalue weighted by Crippen LogP contribution is 2.17. The first-order chi connectivity index (χ1) is 15.3. The molecule has 0 aliphatic heterocycles. The summed E-state index contributed by atoms with van der Waals surface area (Å²) in [5.74, 6) is 0.0425. The van der Waals surface area contributed by atoms with Gasteiger partial charge in [-0.2, -0.15) is 0 Å². The van der Waals surface area contributed by atoms with Gasteiger partial charge in [-0.3, -0.25) is 10.1 Å². The molecule has 32 heavy (non-hydrogen) atoms. The minimum Gasteiger partial charge on any atom is -0.444 e. The van der Waals surface area contributed by atoms with Crippen molar-refractivity contribution in [3.63, 3.8) is 0 Å². The number of carbonyl (C=O) groups excluding carboxylic acids is 2. The second-order valence-electron chi connectivity index (χ2n) is 9.75. The molecule has 0 aliphatic carbocycles. The Balaban J connectivity index is 2.04. The molecule has 2 N–H and O–H groups in total. The molecule has 0 fully saturated rings. The van der Waals surface area contributed by atoms with Crippen molar-refractivity contribution in [3.05, 3.63) is 24.3 Å². The fraction of sp³-hybridized carbons (Fsp3) is 0.704. The van der Waals surface area contributed by atoms with Crippen molar-refractivity contribution >= 4 is 23.4 Å². The molecule has 5 heteroatoms. The SMILES string of the molecule is CCCCCCCCCCCCCCCC(=O)Nc1ccc(NC(=O)OC(C)(C)C)cc1. The van der Waals surface area contributed by atoms with Crippen LogP contribution in [0.15, 0.2) is 24.3 Å². The Bertz CT molecular complexity index is 635. The van der Waals surface area contributed by atoms with Gasteiger partial charge in [-0.1, -0.05) is 84.0 Å². The minimum atomic E-state index is -0.536. The Morgan fingerprint density at radius 2 is 1.09 bits per heavy atom. The van der Waals surface area contributed by atoms with Crippen LogP contribution in [0.5, 0.6) is 0 Å². The van der Waals surface area contributed by atoms with E-state index >= 15 is 0 Å². The van der Waals surface area contributed by atoms with Gasteiger partial charge in [0.25, 0.3) is 0 Å². The quantitative estimate of drug-likeness (QED) is 0.250.